The van der Waals surface area contributed by atoms with Gasteiger partial charge in [-0.05, 0) is 51.1 Å². The molecular weight excluding hydrogens is 450 g/mol. The van der Waals surface area contributed by atoms with Gasteiger partial charge in [0.15, 0.2) is 34.0 Å². The van der Waals surface area contributed by atoms with Crippen molar-refractivity contribution in [2.75, 3.05) is 12.9 Å². The number of hydrogen-bond acceptors (Lipinski definition) is 10. The summed E-state index contributed by atoms with van der Waals surface area (Å²) in [5, 5.41) is 33.5. The highest BCUT2D eigenvalue weighted by Gasteiger charge is 2.75. The molecule has 1 aromatic carbocycles. The van der Waals surface area contributed by atoms with Crippen LogP contribution in [0.15, 0.2) is 42.6 Å². The molecule has 3 rings (SSSR count). The number of hydrogen-bond donors (Lipinski definition) is 3. The van der Waals surface area contributed by atoms with Crippen LogP contribution in [0.25, 0.3) is 11.3 Å². The number of thioether (sulfide) groups is 1. The van der Waals surface area contributed by atoms with Crippen molar-refractivity contribution >= 4 is 29.1 Å². The number of ether oxygens (including phenoxy) is 2. The molecule has 1 saturated heterocycles. The summed E-state index contributed by atoms with van der Waals surface area (Å²) < 4.78 is 11.0. The first-order valence-electron chi connectivity index (χ1n) is 10.0. The molecule has 0 unspecified atom stereocenters. The van der Waals surface area contributed by atoms with Gasteiger partial charge in [0.25, 0.3) is 0 Å². The van der Waals surface area contributed by atoms with Crippen LogP contribution in [0.1, 0.15) is 20.8 Å². The van der Waals surface area contributed by atoms with Crippen molar-refractivity contribution in [3.63, 3.8) is 0 Å². The number of methoxy groups -OCH3 is 1. The lowest BCUT2D eigenvalue weighted by Crippen LogP contribution is -2.82. The molecule has 0 radical (unpaired) electrons. The predicted molar refractivity (Wildman–Crippen MR) is 120 cm³/mol. The Labute approximate surface area is 194 Å². The first kappa shape index (κ1) is 24.8. The number of nitrogens with zero attached hydrogens (tertiary/aromatic N) is 1. The second kappa shape index (κ2) is 8.86. The van der Waals surface area contributed by atoms with E-state index in [0.717, 1.165) is 38.1 Å². The first-order chi connectivity index (χ1) is 15.4. The highest BCUT2D eigenvalue weighted by Crippen LogP contribution is 2.49. The first-order valence-corrected chi connectivity index (χ1v) is 11.1. The maximum atomic E-state index is 12.6. The quantitative estimate of drug-likeness (QED) is 0.534. The number of benzene rings is 1. The third kappa shape index (κ3) is 3.82. The molecule has 9 nitrogen and oxygen atoms in total. The van der Waals surface area contributed by atoms with E-state index in [-0.39, 0.29) is 5.75 Å². The van der Waals surface area contributed by atoms with Gasteiger partial charge in [0.05, 0.1) is 12.8 Å². The Bertz CT molecular complexity index is 1090. The van der Waals surface area contributed by atoms with Gasteiger partial charge in [0, 0.05) is 23.6 Å². The topological polar surface area (TPSA) is 143 Å². The molecule has 0 amide bonds. The fraction of sp³-hybridized carbons (Fsp3) is 0.391. The normalized spacial score (nSPS) is 29.2. The van der Waals surface area contributed by atoms with Gasteiger partial charge in [-0.3, -0.25) is 19.4 Å². The minimum absolute atomic E-state index is 0.187. The summed E-state index contributed by atoms with van der Waals surface area (Å²) in [6, 6.07) is 10.1. The average molecular weight is 476 g/mol. The van der Waals surface area contributed by atoms with Gasteiger partial charge < -0.3 is 24.8 Å². The van der Waals surface area contributed by atoms with E-state index in [1.165, 1.54) is 12.3 Å². The van der Waals surface area contributed by atoms with Crippen LogP contribution in [-0.2, 0) is 14.4 Å². The van der Waals surface area contributed by atoms with Gasteiger partial charge in [0.2, 0.25) is 5.60 Å². The second-order valence-corrected chi connectivity index (χ2v) is 8.92. The summed E-state index contributed by atoms with van der Waals surface area (Å²) in [5.74, 6) is -2.77. The van der Waals surface area contributed by atoms with Gasteiger partial charge in [-0.1, -0.05) is 0 Å². The van der Waals surface area contributed by atoms with Crippen LogP contribution in [0, 0.1) is 0 Å². The number of Topliss-reactive ketones (excluding diaryl/α,β-unsaturated/α-hetero) is 3. The van der Waals surface area contributed by atoms with Crippen molar-refractivity contribution < 1.29 is 39.2 Å². The molecule has 3 N–H and O–H groups in total. The largest absolute Gasteiger partial charge is 0.497 e. The molecule has 176 valence electrons. The molecule has 1 fully saturated rings. The van der Waals surface area contributed by atoms with E-state index >= 15 is 0 Å². The number of ketones is 3. The summed E-state index contributed by atoms with van der Waals surface area (Å²) in [6.45, 7) is 2.81. The maximum absolute atomic E-state index is 12.6. The molecular formula is C23H25NO8S. The Morgan fingerprint density at radius 2 is 1.61 bits per heavy atom. The molecule has 0 aliphatic carbocycles. The summed E-state index contributed by atoms with van der Waals surface area (Å²) in [6.07, 6.45) is 1.46. The number of rotatable bonds is 7. The molecule has 0 spiro atoms. The van der Waals surface area contributed by atoms with E-state index in [2.05, 4.69) is 4.98 Å². The molecule has 2 heterocycles. The molecule has 1 aromatic heterocycles. The number of carbonyl (C=O) groups excluding carboxylic acids is 3. The third-order valence-corrected chi connectivity index (χ3v) is 7.25. The van der Waals surface area contributed by atoms with Crippen LogP contribution < -0.4 is 9.47 Å². The van der Waals surface area contributed by atoms with Crippen molar-refractivity contribution in [1.29, 1.82) is 0 Å². The zero-order chi connectivity index (χ0) is 24.6. The molecule has 2 aromatic rings. The van der Waals surface area contributed by atoms with Crippen molar-refractivity contribution in [2.24, 2.45) is 0 Å². The summed E-state index contributed by atoms with van der Waals surface area (Å²) >= 11 is 0.742. The smallest absolute Gasteiger partial charge is 0.208 e. The Morgan fingerprint density at radius 1 is 0.970 bits per heavy atom. The van der Waals surface area contributed by atoms with Crippen LogP contribution in [0.4, 0.5) is 0 Å². The van der Waals surface area contributed by atoms with E-state index in [1.807, 2.05) is 0 Å². The third-order valence-electron chi connectivity index (χ3n) is 5.92. The molecule has 4 atom stereocenters. The van der Waals surface area contributed by atoms with E-state index in [4.69, 9.17) is 9.47 Å². The zero-order valence-corrected chi connectivity index (χ0v) is 19.4. The number of aromatic nitrogens is 1. The zero-order valence-electron chi connectivity index (χ0n) is 18.6. The van der Waals surface area contributed by atoms with Gasteiger partial charge in [0.1, 0.15) is 11.5 Å². The highest BCUT2D eigenvalue weighted by molar-refractivity contribution is 8.00. The maximum Gasteiger partial charge on any atom is 0.208 e. The van der Waals surface area contributed by atoms with Gasteiger partial charge in [-0.25, -0.2) is 0 Å². The average Bonchev–Trinajstić information content (AvgIpc) is 2.79. The van der Waals surface area contributed by atoms with E-state index in [9.17, 15) is 29.7 Å². The number of pyridine rings is 1. The lowest BCUT2D eigenvalue weighted by Gasteiger charge is -2.54. The fourth-order valence-electron chi connectivity index (χ4n) is 3.89. The van der Waals surface area contributed by atoms with Crippen molar-refractivity contribution in [3.05, 3.63) is 42.6 Å². The molecule has 1 aliphatic heterocycles. The summed E-state index contributed by atoms with van der Waals surface area (Å²) in [4.78, 5) is 41.6. The Balaban J connectivity index is 2.02. The Hall–Kier alpha value is -2.79. The Kier molecular flexibility index (Phi) is 6.67. The summed E-state index contributed by atoms with van der Waals surface area (Å²) in [5.41, 5.74) is -8.95. The lowest BCUT2D eigenvalue weighted by molar-refractivity contribution is -0.236. The number of carbonyl (C=O) groups is 3. The van der Waals surface area contributed by atoms with Gasteiger partial charge in [-0.15, -0.1) is 11.8 Å². The minimum Gasteiger partial charge on any atom is -0.497 e. The fourth-order valence-corrected chi connectivity index (χ4v) is 5.45. The molecule has 0 bridgehead atoms. The molecule has 10 heteroatoms. The van der Waals surface area contributed by atoms with Crippen LogP contribution in [0.3, 0.4) is 0 Å². The number of aliphatic hydroxyl groups is 3. The van der Waals surface area contributed by atoms with Crippen molar-refractivity contribution in [1.82, 2.24) is 4.98 Å². The Morgan fingerprint density at radius 3 is 2.12 bits per heavy atom. The SMILES string of the molecule is COc1ccc(-c2cc(O[C@H]3SC[C@](O)(C(C)=O)[C@@](O)(C(C)=O)[C@]3(O)C(C)=O)ccn2)cc1. The second-order valence-electron chi connectivity index (χ2n) is 7.87. The molecule has 33 heavy (non-hydrogen) atoms. The van der Waals surface area contributed by atoms with Crippen LogP contribution in [-0.4, -0.2) is 72.8 Å². The highest BCUT2D eigenvalue weighted by atomic mass is 32.2. The van der Waals surface area contributed by atoms with Crippen LogP contribution in [0.5, 0.6) is 11.5 Å². The predicted octanol–water partition coefficient (Wildman–Crippen LogP) is 1.17. The van der Waals surface area contributed by atoms with Crippen LogP contribution in [0.2, 0.25) is 0 Å². The van der Waals surface area contributed by atoms with E-state index < -0.39 is 45.3 Å². The molecule has 0 saturated carbocycles. The lowest BCUT2D eigenvalue weighted by atomic mass is 9.65. The van der Waals surface area contributed by atoms with E-state index in [1.54, 1.807) is 37.4 Å². The van der Waals surface area contributed by atoms with Crippen molar-refractivity contribution in [3.8, 4) is 22.8 Å². The van der Waals surface area contributed by atoms with Gasteiger partial charge in [-0.2, -0.15) is 0 Å². The monoisotopic (exact) mass is 475 g/mol. The van der Waals surface area contributed by atoms with E-state index in [0.29, 0.717) is 11.4 Å². The standard InChI is InChI=1S/C23H25NO8S/c1-13(25)21(28)12-33-20(22(29,14(2)26)23(21,30)15(3)27)32-18-9-10-24-19(11-18)16-5-7-17(31-4)8-6-16/h5-11,20,28-30H,12H2,1-4H3/t20-,21-,22-,23-/m0/s1. The molecule has 1 aliphatic rings. The van der Waals surface area contributed by atoms with Crippen LogP contribution >= 0.6 is 11.8 Å². The summed E-state index contributed by atoms with van der Waals surface area (Å²) in [7, 11) is 1.55. The van der Waals surface area contributed by atoms with Crippen molar-refractivity contribution in [2.45, 2.75) is 43.0 Å². The minimum atomic E-state index is -3.11. The van der Waals surface area contributed by atoms with Gasteiger partial charge >= 0.3 is 0 Å².